The number of rotatable bonds is 15. The zero-order valence-electron chi connectivity index (χ0n) is 50.4. The number of fused-ring (bicyclic) bond motifs is 3. The van der Waals surface area contributed by atoms with Gasteiger partial charge in [-0.25, -0.2) is 9.59 Å². The van der Waals surface area contributed by atoms with Gasteiger partial charge in [0.2, 0.25) is 29.5 Å². The van der Waals surface area contributed by atoms with E-state index < -0.39 is 82.7 Å². The van der Waals surface area contributed by atoms with Gasteiger partial charge in [0.1, 0.15) is 29.8 Å². The number of ether oxygens (including phenoxy) is 2. The van der Waals surface area contributed by atoms with Crippen LogP contribution in [-0.2, 0) is 59.4 Å². The van der Waals surface area contributed by atoms with Crippen LogP contribution in [0.3, 0.4) is 0 Å². The van der Waals surface area contributed by atoms with E-state index in [9.17, 15) is 24.0 Å². The lowest BCUT2D eigenvalue weighted by molar-refractivity contribution is -0.151. The van der Waals surface area contributed by atoms with Crippen LogP contribution in [-0.4, -0.2) is 135 Å². The van der Waals surface area contributed by atoms with Gasteiger partial charge in [-0.1, -0.05) is 126 Å². The van der Waals surface area contributed by atoms with Crippen LogP contribution in [0.25, 0.3) is 10.9 Å². The number of nitrogens with one attached hydrogen (secondary N) is 3. The van der Waals surface area contributed by atoms with Gasteiger partial charge in [0.05, 0.1) is 36.3 Å². The van der Waals surface area contributed by atoms with E-state index in [0.29, 0.717) is 18.4 Å². The molecule has 444 valence electrons. The summed E-state index contributed by atoms with van der Waals surface area (Å²) in [6, 6.07) is 26.1. The maximum atomic E-state index is 15.5. The summed E-state index contributed by atoms with van der Waals surface area (Å²) in [6.45, 7) is 18.5. The quantitative estimate of drug-likeness (QED) is 0.0788. The van der Waals surface area contributed by atoms with Gasteiger partial charge in [0, 0.05) is 51.8 Å². The number of nitrogens with zero attached hydrogens (tertiary/aromatic N) is 5. The average Bonchev–Trinajstić information content (AvgIpc) is 3.82. The second-order valence-electron chi connectivity index (χ2n) is 25.8. The van der Waals surface area contributed by atoms with Gasteiger partial charge in [-0.05, 0) is 116 Å². The Morgan fingerprint density at radius 3 is 2.08 bits per heavy atom. The first kappa shape index (κ1) is 61.5. The first-order valence-electron chi connectivity index (χ1n) is 29.0. The molecule has 5 aromatic rings. The molecule has 0 bridgehead atoms. The van der Waals surface area contributed by atoms with E-state index in [-0.39, 0.29) is 56.4 Å². The van der Waals surface area contributed by atoms with Gasteiger partial charge in [0.15, 0.2) is 0 Å². The molecule has 5 N–H and O–H groups in total. The van der Waals surface area contributed by atoms with Crippen molar-refractivity contribution in [2.24, 2.45) is 16.6 Å². The molecule has 3 aliphatic rings. The predicted molar refractivity (Wildman–Crippen MR) is 318 cm³/mol. The lowest BCUT2D eigenvalue weighted by atomic mass is 9.84. The van der Waals surface area contributed by atoms with Gasteiger partial charge in [0.25, 0.3) is 0 Å². The molecule has 8 atom stereocenters. The highest BCUT2D eigenvalue weighted by molar-refractivity contribution is 5.96. The first-order chi connectivity index (χ1) is 39.1. The van der Waals surface area contributed by atoms with Crippen molar-refractivity contribution in [1.29, 1.82) is 0 Å². The Kier molecular flexibility index (Phi) is 18.6. The Hall–Kier alpha value is -7.57. The lowest BCUT2D eigenvalue weighted by Gasteiger charge is -2.43. The molecule has 1 aliphatic carbocycles. The molecule has 1 fully saturated rings. The predicted octanol–water partition coefficient (Wildman–Crippen LogP) is 8.19. The summed E-state index contributed by atoms with van der Waals surface area (Å²) in [5.41, 5.74) is 10.8. The molecule has 18 heteroatoms. The zero-order chi connectivity index (χ0) is 60.3. The second-order valence-corrected chi connectivity index (χ2v) is 25.8. The van der Waals surface area contributed by atoms with Crippen LogP contribution in [0.4, 0.5) is 9.59 Å². The molecule has 83 heavy (non-hydrogen) atoms. The van der Waals surface area contributed by atoms with Crippen molar-refractivity contribution in [2.45, 2.75) is 168 Å². The smallest absolute Gasteiger partial charge is 0.410 e. The Labute approximate surface area is 488 Å². The fraction of sp³-hybridized carbons (Fsp3) is 0.492. The first-order valence-corrected chi connectivity index (χ1v) is 29.0. The van der Waals surface area contributed by atoms with Crippen molar-refractivity contribution >= 4 is 52.6 Å². The minimum atomic E-state index is -1.14. The Balaban J connectivity index is 1.06. The normalized spacial score (nSPS) is 19.5. The van der Waals surface area contributed by atoms with Crippen molar-refractivity contribution < 1.29 is 43.0 Å². The van der Waals surface area contributed by atoms with Crippen LogP contribution in [0.5, 0.6) is 0 Å². The molecule has 8 unspecified atom stereocenters. The third-order valence-corrected chi connectivity index (χ3v) is 16.5. The third kappa shape index (κ3) is 14.1. The number of nitrogens with two attached hydrogens (primary N) is 1. The van der Waals surface area contributed by atoms with Crippen LogP contribution in [0.15, 0.2) is 109 Å². The highest BCUT2D eigenvalue weighted by Gasteiger charge is 2.47. The molecule has 0 saturated carbocycles. The van der Waals surface area contributed by atoms with E-state index in [1.807, 2.05) is 139 Å². The standard InChI is InChI=1S/C65H85N9O9/c1-40(70(11)62(81)83-65(8,9)10)56(75)69-55(64(5,6)7)60(79)74-38-47(35-51(74)57(76)68-49-28-20-26-42-21-18-19-27-48(42)49)67-61(80)71-32-31-45-33-41(29-30-50(45)71)36-72(53(39-82-12)43-22-14-13-15-23-43)58(77)52-34-44-24-16-17-25-46(44)37-73(52)59(78)54(66)63(2,3)4/h13-19,21-25,27,29-33,40,47,49,51-55H,20,26,28,34-39,66H2,1-12H3,(H,67,80)(H,68,76)(H,69,75). The Bertz CT molecular complexity index is 3190. The lowest BCUT2D eigenvalue weighted by Crippen LogP contribution is -2.60. The number of aryl methyl sites for hydroxylation is 1. The molecule has 2 aliphatic heterocycles. The van der Waals surface area contributed by atoms with Gasteiger partial charge in [-0.3, -0.25) is 33.4 Å². The number of likely N-dealkylation sites (tertiary alicyclic amines) is 1. The number of carbonyl (C=O) groups excluding carboxylic acids is 7. The minimum absolute atomic E-state index is 0.0330. The van der Waals surface area contributed by atoms with Crippen LogP contribution in [0.2, 0.25) is 0 Å². The SMILES string of the molecule is COCC(c1ccccc1)N(Cc1ccc2c(ccn2C(=O)NC2CC(C(=O)NC3CCCc4ccccc43)N(C(=O)C(NC(=O)C(C)N(C)C(=O)OC(C)(C)C)C(C)(C)C)C2)c1)C(=O)C1Cc2ccccc2CN1C(=O)C(N)C(C)(C)C. The summed E-state index contributed by atoms with van der Waals surface area (Å²) in [4.78, 5) is 107. The zero-order valence-corrected chi connectivity index (χ0v) is 50.4. The van der Waals surface area contributed by atoms with E-state index in [1.54, 1.807) is 50.8 Å². The molecule has 7 amide bonds. The number of amides is 7. The number of aromatic nitrogens is 1. The molecule has 8 rings (SSSR count). The van der Waals surface area contributed by atoms with Crippen molar-refractivity contribution in [3.8, 4) is 0 Å². The Morgan fingerprint density at radius 2 is 1.42 bits per heavy atom. The Morgan fingerprint density at radius 1 is 0.759 bits per heavy atom. The fourth-order valence-corrected chi connectivity index (χ4v) is 11.5. The van der Waals surface area contributed by atoms with Gasteiger partial charge in [-0.2, -0.15) is 0 Å². The van der Waals surface area contributed by atoms with Gasteiger partial charge < -0.3 is 45.9 Å². The summed E-state index contributed by atoms with van der Waals surface area (Å²) in [5.74, 6) is -2.02. The van der Waals surface area contributed by atoms with E-state index in [2.05, 4.69) is 22.0 Å². The van der Waals surface area contributed by atoms with E-state index in [0.717, 1.165) is 51.6 Å². The van der Waals surface area contributed by atoms with Crippen molar-refractivity contribution in [3.05, 3.63) is 143 Å². The van der Waals surface area contributed by atoms with Crippen LogP contribution < -0.4 is 21.7 Å². The number of likely N-dealkylation sites (N-methyl/N-ethyl adjacent to an activating group) is 1. The van der Waals surface area contributed by atoms with Crippen molar-refractivity contribution in [1.82, 2.24) is 40.1 Å². The van der Waals surface area contributed by atoms with Gasteiger partial charge in [-0.15, -0.1) is 0 Å². The molecule has 0 radical (unpaired) electrons. The topological polar surface area (TPSA) is 218 Å². The number of hydrogen-bond acceptors (Lipinski definition) is 10. The molecule has 0 spiro atoms. The summed E-state index contributed by atoms with van der Waals surface area (Å²) in [6.07, 6.45) is 3.83. The number of methoxy groups -OCH3 is 1. The second kappa shape index (κ2) is 25.1. The maximum absolute atomic E-state index is 15.5. The molecule has 1 saturated heterocycles. The summed E-state index contributed by atoms with van der Waals surface area (Å²) >= 11 is 0. The van der Waals surface area contributed by atoms with Gasteiger partial charge >= 0.3 is 12.1 Å². The van der Waals surface area contributed by atoms with E-state index in [4.69, 9.17) is 15.2 Å². The summed E-state index contributed by atoms with van der Waals surface area (Å²) in [7, 11) is 3.06. The number of carbonyl (C=O) groups is 7. The minimum Gasteiger partial charge on any atom is -0.444 e. The highest BCUT2D eigenvalue weighted by Crippen LogP contribution is 2.35. The third-order valence-electron chi connectivity index (χ3n) is 16.5. The largest absolute Gasteiger partial charge is 0.444 e. The van der Waals surface area contributed by atoms with E-state index in [1.165, 1.54) is 21.4 Å². The average molecular weight is 1140 g/mol. The molecular formula is C65H85N9O9. The molecule has 4 aromatic carbocycles. The monoisotopic (exact) mass is 1140 g/mol. The molecular weight excluding hydrogens is 1050 g/mol. The van der Waals surface area contributed by atoms with Crippen LogP contribution in [0, 0.1) is 10.8 Å². The molecule has 1 aromatic heterocycles. The highest BCUT2D eigenvalue weighted by atomic mass is 16.6. The summed E-state index contributed by atoms with van der Waals surface area (Å²) < 4.78 is 12.8. The van der Waals surface area contributed by atoms with E-state index >= 15 is 9.59 Å². The summed E-state index contributed by atoms with van der Waals surface area (Å²) in [5, 5.41) is 10.0. The van der Waals surface area contributed by atoms with Crippen molar-refractivity contribution in [2.75, 3.05) is 27.3 Å². The maximum Gasteiger partial charge on any atom is 0.410 e. The number of benzene rings is 4. The van der Waals surface area contributed by atoms with Crippen molar-refractivity contribution in [3.63, 3.8) is 0 Å². The molecule has 3 heterocycles. The number of hydrogen-bond donors (Lipinski definition) is 4. The fourth-order valence-electron chi connectivity index (χ4n) is 11.5. The van der Waals surface area contributed by atoms with Crippen LogP contribution >= 0.6 is 0 Å². The molecule has 18 nitrogen and oxygen atoms in total. The van der Waals surface area contributed by atoms with Crippen LogP contribution in [0.1, 0.15) is 134 Å².